The Morgan fingerprint density at radius 3 is 2.29 bits per heavy atom. The average Bonchev–Trinajstić information content (AvgIpc) is 2.80. The van der Waals surface area contributed by atoms with Crippen LogP contribution < -0.4 is 10.1 Å². The van der Waals surface area contributed by atoms with Gasteiger partial charge in [-0.05, 0) is 25.8 Å². The second kappa shape index (κ2) is 7.27. The van der Waals surface area contributed by atoms with Crippen LogP contribution in [0.3, 0.4) is 0 Å². The second-order valence-corrected chi connectivity index (χ2v) is 6.69. The lowest BCUT2D eigenvalue weighted by Gasteiger charge is -2.37. The van der Waals surface area contributed by atoms with Gasteiger partial charge in [0.15, 0.2) is 5.75 Å². The van der Waals surface area contributed by atoms with Crippen LogP contribution in [0.1, 0.15) is 59.3 Å². The maximum absolute atomic E-state index is 5.83. The van der Waals surface area contributed by atoms with Crippen LogP contribution in [0, 0.1) is 5.41 Å². The van der Waals surface area contributed by atoms with Gasteiger partial charge < -0.3 is 14.8 Å². The van der Waals surface area contributed by atoms with E-state index >= 15 is 0 Å². The minimum atomic E-state index is -0.00131. The molecule has 0 saturated heterocycles. The number of rotatable bonds is 7. The summed E-state index contributed by atoms with van der Waals surface area (Å²) in [6.45, 7) is 13.8. The lowest BCUT2D eigenvalue weighted by atomic mass is 9.83. The Kier molecular flexibility index (Phi) is 6.23. The average molecular weight is 297 g/mol. The summed E-state index contributed by atoms with van der Waals surface area (Å²) in [5.74, 6) is 0.806. The Balaban J connectivity index is 3.36. The molecule has 21 heavy (non-hydrogen) atoms. The molecule has 2 unspecified atom stereocenters. The second-order valence-electron chi connectivity index (χ2n) is 6.69. The summed E-state index contributed by atoms with van der Waals surface area (Å²) >= 11 is 0. The van der Waals surface area contributed by atoms with Crippen molar-refractivity contribution in [1.29, 1.82) is 0 Å². The number of ether oxygens (including phenoxy) is 2. The summed E-state index contributed by atoms with van der Waals surface area (Å²) in [6, 6.07) is 0.294. The molecule has 0 fully saturated rings. The molecule has 5 nitrogen and oxygen atoms in total. The first-order chi connectivity index (χ1) is 9.77. The van der Waals surface area contributed by atoms with Crippen molar-refractivity contribution in [2.75, 3.05) is 20.8 Å². The van der Waals surface area contributed by atoms with Crippen LogP contribution in [-0.2, 0) is 4.74 Å². The van der Waals surface area contributed by atoms with Crippen molar-refractivity contribution in [1.82, 2.24) is 15.1 Å². The summed E-state index contributed by atoms with van der Waals surface area (Å²) in [7, 11) is 3.45. The number of aromatic nitrogens is 2. The maximum atomic E-state index is 5.83. The van der Waals surface area contributed by atoms with E-state index in [9.17, 15) is 0 Å². The lowest BCUT2D eigenvalue weighted by Crippen LogP contribution is -2.42. The molecule has 0 bridgehead atoms. The van der Waals surface area contributed by atoms with E-state index in [0.717, 1.165) is 18.0 Å². The van der Waals surface area contributed by atoms with Gasteiger partial charge in [0.05, 0.1) is 25.5 Å². The van der Waals surface area contributed by atoms with Crippen LogP contribution >= 0.6 is 0 Å². The first kappa shape index (κ1) is 18.0. The van der Waals surface area contributed by atoms with Crippen LogP contribution in [-0.4, -0.2) is 36.6 Å². The molecule has 2 atom stereocenters. The number of nitrogens with one attached hydrogen (secondary N) is 1. The van der Waals surface area contributed by atoms with Crippen molar-refractivity contribution in [3.05, 3.63) is 11.9 Å². The van der Waals surface area contributed by atoms with E-state index in [-0.39, 0.29) is 23.6 Å². The van der Waals surface area contributed by atoms with Crippen molar-refractivity contribution >= 4 is 0 Å². The molecule has 122 valence electrons. The molecule has 0 aromatic carbocycles. The maximum Gasteiger partial charge on any atom is 0.161 e. The van der Waals surface area contributed by atoms with E-state index < -0.39 is 0 Å². The fraction of sp³-hybridized carbons (Fsp3) is 0.812. The van der Waals surface area contributed by atoms with Crippen molar-refractivity contribution in [2.24, 2.45) is 5.41 Å². The number of methoxy groups -OCH3 is 2. The van der Waals surface area contributed by atoms with Gasteiger partial charge in [0.2, 0.25) is 0 Å². The molecule has 0 radical (unpaired) electrons. The molecule has 0 spiro atoms. The van der Waals surface area contributed by atoms with Gasteiger partial charge in [-0.3, -0.25) is 4.68 Å². The van der Waals surface area contributed by atoms with Crippen LogP contribution in [0.25, 0.3) is 0 Å². The molecule has 1 heterocycles. The van der Waals surface area contributed by atoms with Crippen LogP contribution in [0.2, 0.25) is 0 Å². The van der Waals surface area contributed by atoms with E-state index in [0.29, 0.717) is 0 Å². The van der Waals surface area contributed by atoms with Crippen molar-refractivity contribution in [2.45, 2.75) is 59.7 Å². The van der Waals surface area contributed by atoms with Crippen molar-refractivity contribution in [3.8, 4) is 5.75 Å². The molecule has 1 aromatic heterocycles. The molecule has 0 aliphatic heterocycles. The van der Waals surface area contributed by atoms with E-state index in [1.54, 1.807) is 20.4 Å². The summed E-state index contributed by atoms with van der Waals surface area (Å²) in [4.78, 5) is 0. The topological polar surface area (TPSA) is 48.3 Å². The minimum absolute atomic E-state index is 0.00131. The molecule has 1 aromatic rings. The highest BCUT2D eigenvalue weighted by Gasteiger charge is 2.37. The Hall–Kier alpha value is -1.07. The van der Waals surface area contributed by atoms with Gasteiger partial charge in [-0.15, -0.1) is 0 Å². The van der Waals surface area contributed by atoms with Crippen LogP contribution in [0.15, 0.2) is 6.20 Å². The van der Waals surface area contributed by atoms with Crippen molar-refractivity contribution in [3.63, 3.8) is 0 Å². The molecule has 0 saturated carbocycles. The Morgan fingerprint density at radius 1 is 1.29 bits per heavy atom. The first-order valence-corrected chi connectivity index (χ1v) is 7.65. The normalized spacial score (nSPS) is 15.3. The highest BCUT2D eigenvalue weighted by molar-refractivity contribution is 5.30. The predicted octanol–water partition coefficient (Wildman–Crippen LogP) is 3.18. The minimum Gasteiger partial charge on any atom is -0.493 e. The Labute approximate surface area is 129 Å². The largest absolute Gasteiger partial charge is 0.493 e. The molecular weight excluding hydrogens is 266 g/mol. The van der Waals surface area contributed by atoms with Crippen LogP contribution in [0.5, 0.6) is 5.75 Å². The van der Waals surface area contributed by atoms with Crippen LogP contribution in [0.4, 0.5) is 0 Å². The molecular formula is C16H31N3O2. The third-order valence-electron chi connectivity index (χ3n) is 3.64. The third-order valence-corrected chi connectivity index (χ3v) is 3.64. The number of hydrogen-bond acceptors (Lipinski definition) is 4. The molecule has 1 rings (SSSR count). The first-order valence-electron chi connectivity index (χ1n) is 7.65. The SMILES string of the molecule is CCNC(c1c(OC)cnn1C(C)C)C(OC)C(C)(C)C. The van der Waals surface area contributed by atoms with E-state index in [2.05, 4.69) is 52.0 Å². The Bertz CT molecular complexity index is 435. The molecule has 0 aliphatic rings. The quantitative estimate of drug-likeness (QED) is 0.839. The number of hydrogen-bond donors (Lipinski definition) is 1. The highest BCUT2D eigenvalue weighted by atomic mass is 16.5. The zero-order valence-electron chi connectivity index (χ0n) is 14.7. The fourth-order valence-electron chi connectivity index (χ4n) is 2.78. The zero-order valence-corrected chi connectivity index (χ0v) is 14.7. The molecule has 0 amide bonds. The smallest absolute Gasteiger partial charge is 0.161 e. The van der Waals surface area contributed by atoms with Gasteiger partial charge in [0.1, 0.15) is 5.69 Å². The Morgan fingerprint density at radius 2 is 1.90 bits per heavy atom. The summed E-state index contributed by atoms with van der Waals surface area (Å²) < 4.78 is 13.4. The standard InChI is InChI=1S/C16H31N3O2/c1-9-17-13(15(21-8)16(4,5)6)14-12(20-7)10-18-19(14)11(2)3/h10-11,13,15,17H,9H2,1-8H3. The summed E-state index contributed by atoms with van der Waals surface area (Å²) in [6.07, 6.45) is 1.80. The number of nitrogens with zero attached hydrogens (tertiary/aromatic N) is 2. The summed E-state index contributed by atoms with van der Waals surface area (Å²) in [5.41, 5.74) is 1.05. The fourth-order valence-corrected chi connectivity index (χ4v) is 2.78. The summed E-state index contributed by atoms with van der Waals surface area (Å²) in [5, 5.41) is 8.03. The van der Waals surface area contributed by atoms with Gasteiger partial charge in [0, 0.05) is 13.2 Å². The van der Waals surface area contributed by atoms with Gasteiger partial charge >= 0.3 is 0 Å². The highest BCUT2D eigenvalue weighted by Crippen LogP contribution is 2.37. The predicted molar refractivity (Wildman–Crippen MR) is 85.8 cm³/mol. The van der Waals surface area contributed by atoms with E-state index in [1.807, 2.05) is 4.68 Å². The van der Waals surface area contributed by atoms with Gasteiger partial charge in [-0.25, -0.2) is 0 Å². The van der Waals surface area contributed by atoms with Gasteiger partial charge in [0.25, 0.3) is 0 Å². The van der Waals surface area contributed by atoms with E-state index in [1.165, 1.54) is 0 Å². The van der Waals surface area contributed by atoms with Crippen molar-refractivity contribution < 1.29 is 9.47 Å². The zero-order chi connectivity index (χ0) is 16.2. The lowest BCUT2D eigenvalue weighted by molar-refractivity contribution is -0.0144. The molecule has 5 heteroatoms. The van der Waals surface area contributed by atoms with Gasteiger partial charge in [-0.1, -0.05) is 27.7 Å². The third kappa shape index (κ3) is 3.98. The molecule has 0 aliphatic carbocycles. The molecule has 1 N–H and O–H groups in total. The van der Waals surface area contributed by atoms with E-state index in [4.69, 9.17) is 9.47 Å². The number of likely N-dealkylation sites (N-methyl/N-ethyl adjacent to an activating group) is 1. The van der Waals surface area contributed by atoms with Gasteiger partial charge in [-0.2, -0.15) is 5.10 Å². The monoisotopic (exact) mass is 297 g/mol.